The Morgan fingerprint density at radius 1 is 1.03 bits per heavy atom. The van der Waals surface area contributed by atoms with Crippen molar-refractivity contribution in [3.63, 3.8) is 0 Å². The molecule has 2 aliphatic rings. The highest BCUT2D eigenvalue weighted by Crippen LogP contribution is 2.31. The normalized spacial score (nSPS) is 24.2. The summed E-state index contributed by atoms with van der Waals surface area (Å²) in [6.45, 7) is 3.02. The highest BCUT2D eigenvalue weighted by atomic mass is 19.4. The molecule has 2 atom stereocenters. The Kier molecular flexibility index (Phi) is 5.74. The molecule has 1 N–H and O–H groups in total. The van der Waals surface area contributed by atoms with Crippen LogP contribution in [0, 0.1) is 5.92 Å². The van der Waals surface area contributed by atoms with E-state index in [1.165, 1.54) is 6.07 Å². The number of piperidine rings is 1. The van der Waals surface area contributed by atoms with Crippen LogP contribution in [0.25, 0.3) is 0 Å². The minimum atomic E-state index is -4.36. The molecule has 0 radical (unpaired) electrons. The maximum absolute atomic E-state index is 12.7. The van der Waals surface area contributed by atoms with Crippen molar-refractivity contribution in [1.82, 2.24) is 14.9 Å². The Morgan fingerprint density at radius 3 is 2.45 bits per heavy atom. The van der Waals surface area contributed by atoms with Gasteiger partial charge in [-0.3, -0.25) is 9.88 Å². The first-order chi connectivity index (χ1) is 13.9. The van der Waals surface area contributed by atoms with Crippen molar-refractivity contribution in [2.45, 2.75) is 37.6 Å². The van der Waals surface area contributed by atoms with Gasteiger partial charge in [0.2, 0.25) is 0 Å². The first-order valence-corrected chi connectivity index (χ1v) is 10.0. The maximum atomic E-state index is 12.7. The predicted octanol–water partition coefficient (Wildman–Crippen LogP) is 3.00. The monoisotopic (exact) mass is 406 g/mol. The van der Waals surface area contributed by atoms with Crippen LogP contribution < -0.4 is 4.90 Å². The summed E-state index contributed by atoms with van der Waals surface area (Å²) in [5.74, 6) is 0.769. The molecule has 0 saturated carbocycles. The number of hydrogen-bond donors (Lipinski definition) is 1. The lowest BCUT2D eigenvalue weighted by atomic mass is 9.99. The van der Waals surface area contributed by atoms with Gasteiger partial charge >= 0.3 is 6.18 Å². The fraction of sp³-hybridized carbons (Fsp3) is 0.524. The maximum Gasteiger partial charge on any atom is 0.417 e. The van der Waals surface area contributed by atoms with Crippen LogP contribution in [0.1, 0.15) is 24.1 Å². The van der Waals surface area contributed by atoms with Gasteiger partial charge in [0.1, 0.15) is 5.82 Å². The van der Waals surface area contributed by atoms with Crippen LogP contribution in [-0.2, 0) is 12.6 Å². The number of aromatic nitrogens is 2. The summed E-state index contributed by atoms with van der Waals surface area (Å²) in [4.78, 5) is 12.8. The Labute approximate surface area is 168 Å². The van der Waals surface area contributed by atoms with Gasteiger partial charge in [0, 0.05) is 56.2 Å². The first-order valence-electron chi connectivity index (χ1n) is 10.0. The second-order valence-electron chi connectivity index (χ2n) is 7.93. The quantitative estimate of drug-likeness (QED) is 0.846. The summed E-state index contributed by atoms with van der Waals surface area (Å²) >= 11 is 0. The van der Waals surface area contributed by atoms with Crippen LogP contribution in [-0.4, -0.2) is 58.3 Å². The lowest BCUT2D eigenvalue weighted by Gasteiger charge is -2.37. The van der Waals surface area contributed by atoms with Gasteiger partial charge in [0.15, 0.2) is 0 Å². The fourth-order valence-corrected chi connectivity index (χ4v) is 4.37. The van der Waals surface area contributed by atoms with E-state index in [2.05, 4.69) is 14.9 Å². The van der Waals surface area contributed by atoms with Gasteiger partial charge in [-0.25, -0.2) is 4.98 Å². The molecule has 2 aromatic rings. The van der Waals surface area contributed by atoms with E-state index in [1.807, 2.05) is 23.1 Å². The Morgan fingerprint density at radius 2 is 1.83 bits per heavy atom. The van der Waals surface area contributed by atoms with E-state index in [0.29, 0.717) is 18.4 Å². The third-order valence-corrected chi connectivity index (χ3v) is 6.01. The van der Waals surface area contributed by atoms with Crippen molar-refractivity contribution in [3.8, 4) is 0 Å². The van der Waals surface area contributed by atoms with Crippen molar-refractivity contribution in [1.29, 1.82) is 0 Å². The van der Waals surface area contributed by atoms with Gasteiger partial charge in [-0.2, -0.15) is 13.2 Å². The molecular weight excluding hydrogens is 381 g/mol. The zero-order valence-electron chi connectivity index (χ0n) is 16.1. The van der Waals surface area contributed by atoms with Crippen molar-refractivity contribution in [2.24, 2.45) is 5.92 Å². The molecule has 0 aliphatic carbocycles. The number of hydrogen-bond acceptors (Lipinski definition) is 5. The molecule has 156 valence electrons. The smallest absolute Gasteiger partial charge is 0.391 e. The highest BCUT2D eigenvalue weighted by Gasteiger charge is 2.36. The molecule has 0 amide bonds. The van der Waals surface area contributed by atoms with E-state index in [0.717, 1.165) is 56.9 Å². The molecule has 2 saturated heterocycles. The van der Waals surface area contributed by atoms with Gasteiger partial charge in [-0.15, -0.1) is 0 Å². The number of aliphatic hydroxyl groups is 1. The van der Waals surface area contributed by atoms with E-state index in [-0.39, 0.29) is 12.0 Å². The van der Waals surface area contributed by atoms with Gasteiger partial charge in [0.05, 0.1) is 11.7 Å². The van der Waals surface area contributed by atoms with Crippen molar-refractivity contribution in [3.05, 3.63) is 54.0 Å². The zero-order chi connectivity index (χ0) is 20.4. The van der Waals surface area contributed by atoms with Crippen LogP contribution >= 0.6 is 0 Å². The van der Waals surface area contributed by atoms with Crippen LogP contribution in [0.2, 0.25) is 0 Å². The molecule has 0 bridgehead atoms. The molecular formula is C21H25F3N4O. The van der Waals surface area contributed by atoms with Crippen LogP contribution in [0.4, 0.5) is 19.0 Å². The minimum Gasteiger partial charge on any atom is -0.391 e. The Bertz CT molecular complexity index is 792. The van der Waals surface area contributed by atoms with Gasteiger partial charge in [-0.05, 0) is 43.5 Å². The number of aliphatic hydroxyl groups excluding tert-OH is 1. The highest BCUT2D eigenvalue weighted by molar-refractivity contribution is 5.40. The molecule has 4 rings (SSSR count). The molecule has 2 aliphatic heterocycles. The molecule has 4 heterocycles. The van der Waals surface area contributed by atoms with Gasteiger partial charge < -0.3 is 10.0 Å². The number of β-amino-alcohol motifs (C(OH)–C–C–N with tert-alkyl or cyclic N) is 1. The fourth-order valence-electron chi connectivity index (χ4n) is 4.37. The van der Waals surface area contributed by atoms with Crippen molar-refractivity contribution < 1.29 is 18.3 Å². The van der Waals surface area contributed by atoms with E-state index in [9.17, 15) is 18.3 Å². The second-order valence-corrected chi connectivity index (χ2v) is 7.93. The Balaban J connectivity index is 1.30. The standard InChI is InChI=1S/C21H25F3N4O/c22-21(23,24)16-4-5-20(26-12-16)27-9-6-18(7-10-27)28-13-15(19(29)14-28)11-17-3-1-2-8-25-17/h1-5,8,12,15,18-19,29H,6-7,9-11,13-14H2/t15-,19-/m1/s1. The second kappa shape index (κ2) is 8.28. The van der Waals surface area contributed by atoms with Crippen LogP contribution in [0.3, 0.4) is 0 Å². The number of anilines is 1. The lowest BCUT2D eigenvalue weighted by molar-refractivity contribution is -0.137. The van der Waals surface area contributed by atoms with E-state index >= 15 is 0 Å². The third kappa shape index (κ3) is 4.70. The van der Waals surface area contributed by atoms with E-state index in [4.69, 9.17) is 0 Å². The number of nitrogens with zero attached hydrogens (tertiary/aromatic N) is 4. The summed E-state index contributed by atoms with van der Waals surface area (Å²) in [7, 11) is 0. The van der Waals surface area contributed by atoms with Crippen molar-refractivity contribution >= 4 is 5.82 Å². The summed E-state index contributed by atoms with van der Waals surface area (Å²) in [5, 5.41) is 10.5. The molecule has 29 heavy (non-hydrogen) atoms. The van der Waals surface area contributed by atoms with E-state index in [1.54, 1.807) is 6.20 Å². The topological polar surface area (TPSA) is 52.5 Å². The molecule has 8 heteroatoms. The number of likely N-dealkylation sites (tertiary alicyclic amines) is 1. The summed E-state index contributed by atoms with van der Waals surface area (Å²) in [6.07, 6.45) is 0.553. The average molecular weight is 406 g/mol. The summed E-state index contributed by atoms with van der Waals surface area (Å²) in [6, 6.07) is 8.76. The number of halogens is 3. The van der Waals surface area contributed by atoms with Crippen molar-refractivity contribution in [2.75, 3.05) is 31.1 Å². The SMILES string of the molecule is O[C@@H]1CN(C2CCN(c3ccc(C(F)(F)F)cn3)CC2)C[C@H]1Cc1ccccn1. The van der Waals surface area contributed by atoms with E-state index < -0.39 is 11.7 Å². The van der Waals surface area contributed by atoms with Gasteiger partial charge in [-0.1, -0.05) is 6.07 Å². The predicted molar refractivity (Wildman–Crippen MR) is 103 cm³/mol. The third-order valence-electron chi connectivity index (χ3n) is 6.01. The number of alkyl halides is 3. The summed E-state index contributed by atoms with van der Waals surface area (Å²) in [5.41, 5.74) is 0.280. The molecule has 0 aromatic carbocycles. The molecule has 0 unspecified atom stereocenters. The number of pyridine rings is 2. The first kappa shape index (κ1) is 20.1. The average Bonchev–Trinajstić information content (AvgIpc) is 3.09. The van der Waals surface area contributed by atoms with Crippen LogP contribution in [0.15, 0.2) is 42.7 Å². The molecule has 2 fully saturated rings. The van der Waals surface area contributed by atoms with Gasteiger partial charge in [0.25, 0.3) is 0 Å². The Hall–Kier alpha value is -2.19. The number of rotatable bonds is 4. The summed E-state index contributed by atoms with van der Waals surface area (Å²) < 4.78 is 38.1. The minimum absolute atomic E-state index is 0.180. The molecule has 0 spiro atoms. The molecule has 5 nitrogen and oxygen atoms in total. The molecule has 2 aromatic heterocycles. The largest absolute Gasteiger partial charge is 0.417 e. The van der Waals surface area contributed by atoms with Crippen LogP contribution in [0.5, 0.6) is 0 Å². The lowest BCUT2D eigenvalue weighted by Crippen LogP contribution is -2.44. The zero-order valence-corrected chi connectivity index (χ0v) is 16.1.